The van der Waals surface area contributed by atoms with E-state index in [-0.39, 0.29) is 23.6 Å². The van der Waals surface area contributed by atoms with Crippen molar-refractivity contribution in [3.05, 3.63) is 88.3 Å². The first kappa shape index (κ1) is 19.2. The van der Waals surface area contributed by atoms with Crippen molar-refractivity contribution in [2.45, 2.75) is 20.0 Å². The molecule has 0 aliphatic carbocycles. The van der Waals surface area contributed by atoms with Crippen LogP contribution >= 0.6 is 0 Å². The summed E-state index contributed by atoms with van der Waals surface area (Å²) in [4.78, 5) is 24.0. The van der Waals surface area contributed by atoms with Gasteiger partial charge in [-0.2, -0.15) is 0 Å². The molecule has 6 nitrogen and oxygen atoms in total. The van der Waals surface area contributed by atoms with Gasteiger partial charge in [-0.1, -0.05) is 30.3 Å². The van der Waals surface area contributed by atoms with Gasteiger partial charge in [-0.05, 0) is 36.8 Å². The lowest BCUT2D eigenvalue weighted by atomic mass is 10.2. The second-order valence-electron chi connectivity index (χ2n) is 6.31. The Balaban J connectivity index is 1.60. The number of nitrogens with one attached hydrogen (secondary N) is 1. The molecule has 1 N–H and O–H groups in total. The lowest BCUT2D eigenvalue weighted by Crippen LogP contribution is -2.28. The predicted octanol–water partition coefficient (Wildman–Crippen LogP) is 3.27. The maximum Gasteiger partial charge on any atom is 0.240 e. The van der Waals surface area contributed by atoms with E-state index < -0.39 is 0 Å². The van der Waals surface area contributed by atoms with Crippen LogP contribution in [0.4, 0.5) is 0 Å². The van der Waals surface area contributed by atoms with E-state index in [1.807, 2.05) is 54.6 Å². The van der Waals surface area contributed by atoms with Gasteiger partial charge >= 0.3 is 0 Å². The molecule has 0 saturated heterocycles. The molecule has 144 valence electrons. The van der Waals surface area contributed by atoms with E-state index in [1.54, 1.807) is 17.7 Å². The molecule has 2 aromatic carbocycles. The monoisotopic (exact) mass is 378 g/mol. The van der Waals surface area contributed by atoms with E-state index in [4.69, 9.17) is 9.47 Å². The molecule has 1 heterocycles. The molecule has 0 fully saturated rings. The molecule has 0 spiro atoms. The van der Waals surface area contributed by atoms with Gasteiger partial charge in [0.05, 0.1) is 13.3 Å². The van der Waals surface area contributed by atoms with Gasteiger partial charge in [0.25, 0.3) is 0 Å². The molecule has 3 aromatic rings. The molecule has 0 atom stereocenters. The lowest BCUT2D eigenvalue weighted by molar-refractivity contribution is -0.121. The highest BCUT2D eigenvalue weighted by atomic mass is 16.5. The molecule has 3 rings (SSSR count). The van der Waals surface area contributed by atoms with E-state index in [2.05, 4.69) is 5.32 Å². The Labute approximate surface area is 163 Å². The summed E-state index contributed by atoms with van der Waals surface area (Å²) in [5.41, 5.74) is 1.42. The maximum atomic E-state index is 12.3. The van der Waals surface area contributed by atoms with Crippen LogP contribution in [0.1, 0.15) is 11.3 Å². The zero-order valence-corrected chi connectivity index (χ0v) is 15.8. The van der Waals surface area contributed by atoms with Gasteiger partial charge in [-0.3, -0.25) is 9.59 Å². The van der Waals surface area contributed by atoms with Crippen LogP contribution in [0.2, 0.25) is 0 Å². The standard InChI is InChI=1S/C22H22N2O4/c1-16-11-20(25)21(27-2)14-24(16)15-22(26)23-13-17-7-6-10-19(12-17)28-18-8-4-3-5-9-18/h3-12,14H,13,15H2,1-2H3,(H,23,26). The largest absolute Gasteiger partial charge is 0.491 e. The summed E-state index contributed by atoms with van der Waals surface area (Å²) in [5, 5.41) is 2.88. The lowest BCUT2D eigenvalue weighted by Gasteiger charge is -2.13. The molecular formula is C22H22N2O4. The van der Waals surface area contributed by atoms with Crippen molar-refractivity contribution in [2.24, 2.45) is 0 Å². The number of aryl methyl sites for hydroxylation is 1. The SMILES string of the molecule is COc1cn(CC(=O)NCc2cccc(Oc3ccccc3)c2)c(C)cc1=O. The van der Waals surface area contributed by atoms with Gasteiger partial charge in [-0.15, -0.1) is 0 Å². The van der Waals surface area contributed by atoms with Crippen molar-refractivity contribution in [1.29, 1.82) is 0 Å². The van der Waals surface area contributed by atoms with Crippen molar-refractivity contribution in [1.82, 2.24) is 9.88 Å². The molecule has 0 radical (unpaired) electrons. The summed E-state index contributed by atoms with van der Waals surface area (Å²) in [5.74, 6) is 1.51. The number of aromatic nitrogens is 1. The highest BCUT2D eigenvalue weighted by Crippen LogP contribution is 2.21. The first-order valence-corrected chi connectivity index (χ1v) is 8.89. The van der Waals surface area contributed by atoms with Crippen molar-refractivity contribution in [3.63, 3.8) is 0 Å². The number of amides is 1. The van der Waals surface area contributed by atoms with Crippen LogP contribution in [0.3, 0.4) is 0 Å². The number of methoxy groups -OCH3 is 1. The maximum absolute atomic E-state index is 12.3. The van der Waals surface area contributed by atoms with Gasteiger partial charge in [-0.25, -0.2) is 0 Å². The van der Waals surface area contributed by atoms with Crippen LogP contribution in [-0.2, 0) is 17.9 Å². The summed E-state index contributed by atoms with van der Waals surface area (Å²) in [7, 11) is 1.43. The minimum Gasteiger partial charge on any atom is -0.491 e. The topological polar surface area (TPSA) is 69.6 Å². The zero-order chi connectivity index (χ0) is 19.9. The number of hydrogen-bond acceptors (Lipinski definition) is 4. The van der Waals surface area contributed by atoms with Gasteiger partial charge in [0.2, 0.25) is 11.3 Å². The Bertz CT molecular complexity index is 1010. The van der Waals surface area contributed by atoms with Crippen molar-refractivity contribution < 1.29 is 14.3 Å². The molecular weight excluding hydrogens is 356 g/mol. The number of carbonyl (C=O) groups is 1. The number of carbonyl (C=O) groups excluding carboxylic acids is 1. The Morgan fingerprint density at radius 1 is 1.04 bits per heavy atom. The molecule has 1 aromatic heterocycles. The van der Waals surface area contributed by atoms with Gasteiger partial charge < -0.3 is 19.4 Å². The minimum absolute atomic E-state index is 0.0999. The van der Waals surface area contributed by atoms with Crippen molar-refractivity contribution >= 4 is 5.91 Å². The zero-order valence-electron chi connectivity index (χ0n) is 15.8. The second-order valence-corrected chi connectivity index (χ2v) is 6.31. The van der Waals surface area contributed by atoms with Crippen LogP contribution in [0.15, 0.2) is 71.7 Å². The molecule has 0 aliphatic rings. The molecule has 0 bridgehead atoms. The van der Waals surface area contributed by atoms with E-state index >= 15 is 0 Å². The summed E-state index contributed by atoms with van der Waals surface area (Å²) in [6, 6.07) is 18.5. The molecule has 6 heteroatoms. The fourth-order valence-corrected chi connectivity index (χ4v) is 2.73. The Hall–Kier alpha value is -3.54. The third kappa shape index (κ3) is 5.01. The fourth-order valence-electron chi connectivity index (χ4n) is 2.73. The highest BCUT2D eigenvalue weighted by molar-refractivity contribution is 5.75. The smallest absolute Gasteiger partial charge is 0.240 e. The molecule has 0 saturated carbocycles. The Kier molecular flexibility index (Phi) is 6.11. The van der Waals surface area contributed by atoms with E-state index in [0.717, 1.165) is 11.3 Å². The second kappa shape index (κ2) is 8.90. The summed E-state index contributed by atoms with van der Waals surface area (Å²) in [6.07, 6.45) is 1.55. The molecule has 1 amide bonds. The fraction of sp³-hybridized carbons (Fsp3) is 0.182. The first-order chi connectivity index (χ1) is 13.5. The summed E-state index contributed by atoms with van der Waals surface area (Å²) in [6.45, 7) is 2.25. The number of hydrogen-bond donors (Lipinski definition) is 1. The normalized spacial score (nSPS) is 10.4. The Morgan fingerprint density at radius 3 is 2.54 bits per heavy atom. The highest BCUT2D eigenvalue weighted by Gasteiger charge is 2.08. The number of para-hydroxylation sites is 1. The van der Waals surface area contributed by atoms with E-state index in [0.29, 0.717) is 18.0 Å². The van der Waals surface area contributed by atoms with E-state index in [1.165, 1.54) is 13.2 Å². The third-order valence-corrected chi connectivity index (χ3v) is 4.21. The van der Waals surface area contributed by atoms with E-state index in [9.17, 15) is 9.59 Å². The minimum atomic E-state index is -0.202. The number of benzene rings is 2. The number of pyridine rings is 1. The Morgan fingerprint density at radius 2 is 1.79 bits per heavy atom. The first-order valence-electron chi connectivity index (χ1n) is 8.89. The van der Waals surface area contributed by atoms with Crippen LogP contribution in [0.25, 0.3) is 0 Å². The third-order valence-electron chi connectivity index (χ3n) is 4.21. The van der Waals surface area contributed by atoms with Crippen LogP contribution < -0.4 is 20.2 Å². The average Bonchev–Trinajstić information content (AvgIpc) is 2.69. The quantitative estimate of drug-likeness (QED) is 0.685. The molecule has 28 heavy (non-hydrogen) atoms. The molecule has 0 aliphatic heterocycles. The number of nitrogens with zero attached hydrogens (tertiary/aromatic N) is 1. The number of ether oxygens (including phenoxy) is 2. The van der Waals surface area contributed by atoms with Crippen LogP contribution in [0.5, 0.6) is 17.2 Å². The van der Waals surface area contributed by atoms with Gasteiger partial charge in [0.1, 0.15) is 18.0 Å². The van der Waals surface area contributed by atoms with Crippen molar-refractivity contribution in [3.8, 4) is 17.2 Å². The van der Waals surface area contributed by atoms with Crippen molar-refractivity contribution in [2.75, 3.05) is 7.11 Å². The van der Waals surface area contributed by atoms with Gasteiger partial charge in [0.15, 0.2) is 5.75 Å². The van der Waals surface area contributed by atoms with Crippen LogP contribution in [-0.4, -0.2) is 17.6 Å². The summed E-state index contributed by atoms with van der Waals surface area (Å²) >= 11 is 0. The van der Waals surface area contributed by atoms with Crippen LogP contribution in [0, 0.1) is 6.92 Å². The predicted molar refractivity (Wildman–Crippen MR) is 107 cm³/mol. The van der Waals surface area contributed by atoms with Gasteiger partial charge in [0, 0.05) is 18.3 Å². The average molecular weight is 378 g/mol. The summed E-state index contributed by atoms with van der Waals surface area (Å²) < 4.78 is 12.5. The number of rotatable bonds is 7. The molecule has 0 unspecified atom stereocenters.